The molecule has 82 valence electrons. The van der Waals surface area contributed by atoms with E-state index in [1.165, 1.54) is 18.2 Å². The Kier molecular flexibility index (Phi) is 2.74. The second kappa shape index (κ2) is 3.89. The van der Waals surface area contributed by atoms with E-state index in [0.29, 0.717) is 6.04 Å². The van der Waals surface area contributed by atoms with Crippen molar-refractivity contribution in [3.63, 3.8) is 0 Å². The molecule has 3 unspecified atom stereocenters. The highest BCUT2D eigenvalue weighted by Gasteiger charge is 2.32. The molecule has 1 N–H and O–H groups in total. The van der Waals surface area contributed by atoms with Gasteiger partial charge in [0.1, 0.15) is 11.6 Å². The smallest absolute Gasteiger partial charge is 0.129 e. The predicted octanol–water partition coefficient (Wildman–Crippen LogP) is 2.82. The summed E-state index contributed by atoms with van der Waals surface area (Å²) in [7, 11) is 0. The number of hydrogen-bond donors (Lipinski definition) is 1. The average molecular weight is 211 g/mol. The van der Waals surface area contributed by atoms with Crippen LogP contribution >= 0.6 is 0 Å². The first-order chi connectivity index (χ1) is 7.09. The SMILES string of the molecule is CC1CC(c2c(F)cccc2F)C(C)N1. The van der Waals surface area contributed by atoms with E-state index in [9.17, 15) is 8.78 Å². The highest BCUT2D eigenvalue weighted by molar-refractivity contribution is 5.26. The summed E-state index contributed by atoms with van der Waals surface area (Å²) in [5, 5.41) is 3.29. The van der Waals surface area contributed by atoms with Crippen molar-refractivity contribution in [2.75, 3.05) is 0 Å². The normalized spacial score (nSPS) is 30.8. The first-order valence-electron chi connectivity index (χ1n) is 5.29. The monoisotopic (exact) mass is 211 g/mol. The Balaban J connectivity index is 2.37. The molecule has 3 heteroatoms. The van der Waals surface area contributed by atoms with Gasteiger partial charge in [-0.2, -0.15) is 0 Å². The molecule has 1 saturated heterocycles. The fraction of sp³-hybridized carbons (Fsp3) is 0.500. The molecular formula is C12H15F2N. The average Bonchev–Trinajstić information content (AvgIpc) is 2.45. The van der Waals surface area contributed by atoms with Gasteiger partial charge in [-0.15, -0.1) is 0 Å². The Hall–Kier alpha value is -0.960. The Morgan fingerprint density at radius 1 is 1.20 bits per heavy atom. The van der Waals surface area contributed by atoms with Crippen LogP contribution in [0.1, 0.15) is 31.7 Å². The minimum atomic E-state index is -0.428. The first kappa shape index (κ1) is 10.6. The molecule has 0 bridgehead atoms. The highest BCUT2D eigenvalue weighted by Crippen LogP contribution is 2.33. The molecule has 0 saturated carbocycles. The van der Waals surface area contributed by atoms with Crippen molar-refractivity contribution in [3.05, 3.63) is 35.4 Å². The maximum atomic E-state index is 13.5. The molecule has 1 aromatic rings. The topological polar surface area (TPSA) is 12.0 Å². The zero-order valence-electron chi connectivity index (χ0n) is 8.93. The molecule has 1 aliphatic rings. The van der Waals surface area contributed by atoms with Crippen LogP contribution < -0.4 is 5.32 Å². The molecular weight excluding hydrogens is 196 g/mol. The molecule has 2 rings (SSSR count). The maximum Gasteiger partial charge on any atom is 0.129 e. The van der Waals surface area contributed by atoms with E-state index < -0.39 is 11.6 Å². The van der Waals surface area contributed by atoms with Gasteiger partial charge in [-0.3, -0.25) is 0 Å². The van der Waals surface area contributed by atoms with Crippen molar-refractivity contribution in [1.29, 1.82) is 0 Å². The molecule has 3 atom stereocenters. The van der Waals surface area contributed by atoms with E-state index in [2.05, 4.69) is 5.32 Å². The lowest BCUT2D eigenvalue weighted by Crippen LogP contribution is -2.26. The molecule has 1 aromatic carbocycles. The van der Waals surface area contributed by atoms with Crippen molar-refractivity contribution in [1.82, 2.24) is 5.32 Å². The standard InChI is InChI=1S/C12H15F2N/c1-7-6-9(8(2)15-7)12-10(13)4-3-5-11(12)14/h3-5,7-9,15H,6H2,1-2H3. The number of halogens is 2. The molecule has 0 radical (unpaired) electrons. The van der Waals surface area contributed by atoms with Crippen molar-refractivity contribution >= 4 is 0 Å². The third kappa shape index (κ3) is 1.88. The fourth-order valence-electron chi connectivity index (χ4n) is 2.45. The van der Waals surface area contributed by atoms with Gasteiger partial charge in [-0.25, -0.2) is 8.78 Å². The van der Waals surface area contributed by atoms with Gasteiger partial charge in [0, 0.05) is 23.6 Å². The van der Waals surface area contributed by atoms with Crippen LogP contribution in [0.5, 0.6) is 0 Å². The molecule has 1 fully saturated rings. The largest absolute Gasteiger partial charge is 0.311 e. The number of rotatable bonds is 1. The molecule has 1 aliphatic heterocycles. The van der Waals surface area contributed by atoms with Gasteiger partial charge in [0.25, 0.3) is 0 Å². The van der Waals surface area contributed by atoms with Crippen molar-refractivity contribution in [2.24, 2.45) is 0 Å². The summed E-state index contributed by atoms with van der Waals surface area (Å²) in [5.74, 6) is -0.910. The number of benzene rings is 1. The quantitative estimate of drug-likeness (QED) is 0.753. The maximum absolute atomic E-state index is 13.5. The van der Waals surface area contributed by atoms with Crippen LogP contribution in [-0.4, -0.2) is 12.1 Å². The summed E-state index contributed by atoms with van der Waals surface area (Å²) < 4.78 is 27.1. The van der Waals surface area contributed by atoms with Gasteiger partial charge in [-0.05, 0) is 32.4 Å². The van der Waals surface area contributed by atoms with Crippen LogP contribution in [0.15, 0.2) is 18.2 Å². The second-order valence-corrected chi connectivity index (χ2v) is 4.33. The highest BCUT2D eigenvalue weighted by atomic mass is 19.1. The van der Waals surface area contributed by atoms with Crippen molar-refractivity contribution in [2.45, 2.75) is 38.3 Å². The van der Waals surface area contributed by atoms with Gasteiger partial charge in [0.05, 0.1) is 0 Å². The van der Waals surface area contributed by atoms with E-state index in [4.69, 9.17) is 0 Å². The Morgan fingerprint density at radius 2 is 1.80 bits per heavy atom. The second-order valence-electron chi connectivity index (χ2n) is 4.33. The molecule has 0 aromatic heterocycles. The minimum absolute atomic E-state index is 0.0544. The first-order valence-corrected chi connectivity index (χ1v) is 5.29. The van der Waals surface area contributed by atoms with E-state index in [1.807, 2.05) is 13.8 Å². The molecule has 0 amide bonds. The Bertz CT molecular complexity index is 344. The van der Waals surface area contributed by atoms with Crippen LogP contribution in [0.4, 0.5) is 8.78 Å². The van der Waals surface area contributed by atoms with Gasteiger partial charge in [0.15, 0.2) is 0 Å². The van der Waals surface area contributed by atoms with Crippen LogP contribution in [0.25, 0.3) is 0 Å². The van der Waals surface area contributed by atoms with Gasteiger partial charge >= 0.3 is 0 Å². The summed E-state index contributed by atoms with van der Waals surface area (Å²) in [5.41, 5.74) is 0.238. The molecule has 15 heavy (non-hydrogen) atoms. The third-order valence-electron chi connectivity index (χ3n) is 3.13. The minimum Gasteiger partial charge on any atom is -0.311 e. The lowest BCUT2D eigenvalue weighted by molar-refractivity contribution is 0.499. The van der Waals surface area contributed by atoms with E-state index in [0.717, 1.165) is 6.42 Å². The molecule has 1 heterocycles. The number of nitrogens with one attached hydrogen (secondary N) is 1. The summed E-state index contributed by atoms with van der Waals surface area (Å²) in [6.45, 7) is 4.01. The van der Waals surface area contributed by atoms with Crippen LogP contribution in [-0.2, 0) is 0 Å². The lowest BCUT2D eigenvalue weighted by Gasteiger charge is -2.16. The van der Waals surface area contributed by atoms with Gasteiger partial charge in [0.2, 0.25) is 0 Å². The summed E-state index contributed by atoms with van der Waals surface area (Å²) in [4.78, 5) is 0. The Morgan fingerprint density at radius 3 is 2.27 bits per heavy atom. The van der Waals surface area contributed by atoms with E-state index >= 15 is 0 Å². The van der Waals surface area contributed by atoms with Crippen LogP contribution in [0, 0.1) is 11.6 Å². The third-order valence-corrected chi connectivity index (χ3v) is 3.13. The van der Waals surface area contributed by atoms with E-state index in [1.54, 1.807) is 0 Å². The summed E-state index contributed by atoms with van der Waals surface area (Å²) >= 11 is 0. The van der Waals surface area contributed by atoms with Crippen LogP contribution in [0.2, 0.25) is 0 Å². The van der Waals surface area contributed by atoms with E-state index in [-0.39, 0.29) is 17.5 Å². The summed E-state index contributed by atoms with van der Waals surface area (Å²) in [6, 6.07) is 4.52. The fourth-order valence-corrected chi connectivity index (χ4v) is 2.45. The Labute approximate surface area is 88.5 Å². The van der Waals surface area contributed by atoms with Gasteiger partial charge < -0.3 is 5.32 Å². The summed E-state index contributed by atoms with van der Waals surface area (Å²) in [6.07, 6.45) is 0.791. The molecule has 0 aliphatic carbocycles. The van der Waals surface area contributed by atoms with Crippen molar-refractivity contribution in [3.8, 4) is 0 Å². The van der Waals surface area contributed by atoms with Crippen molar-refractivity contribution < 1.29 is 8.78 Å². The van der Waals surface area contributed by atoms with Crippen LogP contribution in [0.3, 0.4) is 0 Å². The lowest BCUT2D eigenvalue weighted by atomic mass is 9.91. The molecule has 0 spiro atoms. The molecule has 1 nitrogen and oxygen atoms in total. The predicted molar refractivity (Wildman–Crippen MR) is 55.8 cm³/mol. The number of hydrogen-bond acceptors (Lipinski definition) is 1. The zero-order valence-corrected chi connectivity index (χ0v) is 8.93. The zero-order chi connectivity index (χ0) is 11.0. The van der Waals surface area contributed by atoms with Gasteiger partial charge in [-0.1, -0.05) is 6.07 Å².